The first kappa shape index (κ1) is 14.0. The van der Waals surface area contributed by atoms with Crippen molar-refractivity contribution < 1.29 is 9.47 Å². The molecule has 1 aromatic rings. The SMILES string of the molecule is CCc1nn(C)cc1C(N)C1CCOC2(CCOC2)C1. The molecular formula is C15H25N3O2. The second kappa shape index (κ2) is 5.47. The molecule has 3 atom stereocenters. The molecule has 2 N–H and O–H groups in total. The van der Waals surface area contributed by atoms with Gasteiger partial charge in [-0.2, -0.15) is 5.10 Å². The first-order valence-electron chi connectivity index (χ1n) is 7.63. The van der Waals surface area contributed by atoms with Gasteiger partial charge in [-0.25, -0.2) is 0 Å². The Hall–Kier alpha value is -0.910. The first-order valence-corrected chi connectivity index (χ1v) is 7.63. The van der Waals surface area contributed by atoms with E-state index in [1.54, 1.807) is 0 Å². The summed E-state index contributed by atoms with van der Waals surface area (Å²) in [7, 11) is 1.96. The number of rotatable bonds is 3. The maximum absolute atomic E-state index is 6.56. The van der Waals surface area contributed by atoms with Gasteiger partial charge < -0.3 is 15.2 Å². The van der Waals surface area contributed by atoms with E-state index in [-0.39, 0.29) is 11.6 Å². The maximum Gasteiger partial charge on any atom is 0.0940 e. The predicted octanol–water partition coefficient (Wildman–Crippen LogP) is 1.57. The van der Waals surface area contributed by atoms with Crippen LogP contribution in [0.2, 0.25) is 0 Å². The average Bonchev–Trinajstić information content (AvgIpc) is 3.05. The number of hydrogen-bond acceptors (Lipinski definition) is 4. The Morgan fingerprint density at radius 2 is 2.40 bits per heavy atom. The Labute approximate surface area is 120 Å². The number of hydrogen-bond donors (Lipinski definition) is 1. The zero-order chi connectivity index (χ0) is 14.2. The molecular weight excluding hydrogens is 254 g/mol. The van der Waals surface area contributed by atoms with E-state index in [2.05, 4.69) is 18.2 Å². The third-order valence-corrected chi connectivity index (χ3v) is 4.74. The molecule has 5 nitrogen and oxygen atoms in total. The summed E-state index contributed by atoms with van der Waals surface area (Å²) in [5.41, 5.74) is 8.82. The van der Waals surface area contributed by atoms with Gasteiger partial charge in [0.1, 0.15) is 0 Å². The highest BCUT2D eigenvalue weighted by Crippen LogP contribution is 2.40. The smallest absolute Gasteiger partial charge is 0.0940 e. The fourth-order valence-electron chi connectivity index (χ4n) is 3.60. The zero-order valence-corrected chi connectivity index (χ0v) is 12.5. The van der Waals surface area contributed by atoms with E-state index in [1.807, 2.05) is 11.7 Å². The molecule has 3 heterocycles. The molecule has 3 rings (SSSR count). The van der Waals surface area contributed by atoms with Gasteiger partial charge in [-0.1, -0.05) is 6.92 Å². The van der Waals surface area contributed by atoms with Crippen molar-refractivity contribution in [3.05, 3.63) is 17.5 Å². The van der Waals surface area contributed by atoms with E-state index < -0.39 is 0 Å². The van der Waals surface area contributed by atoms with E-state index in [4.69, 9.17) is 15.2 Å². The monoisotopic (exact) mass is 279 g/mol. The average molecular weight is 279 g/mol. The molecule has 0 aromatic carbocycles. The van der Waals surface area contributed by atoms with E-state index in [0.29, 0.717) is 5.92 Å². The molecule has 0 saturated carbocycles. The maximum atomic E-state index is 6.56. The molecule has 0 radical (unpaired) electrons. The molecule has 0 amide bonds. The molecule has 112 valence electrons. The van der Waals surface area contributed by atoms with Crippen molar-refractivity contribution in [2.24, 2.45) is 18.7 Å². The zero-order valence-electron chi connectivity index (χ0n) is 12.5. The summed E-state index contributed by atoms with van der Waals surface area (Å²) in [6.07, 6.45) is 6.05. The normalized spacial score (nSPS) is 31.9. The Morgan fingerprint density at radius 3 is 3.10 bits per heavy atom. The molecule has 2 saturated heterocycles. The Bertz CT molecular complexity index is 466. The van der Waals surface area contributed by atoms with Crippen LogP contribution in [0.4, 0.5) is 0 Å². The summed E-state index contributed by atoms with van der Waals surface area (Å²) in [5, 5.41) is 4.51. The highest BCUT2D eigenvalue weighted by atomic mass is 16.6. The van der Waals surface area contributed by atoms with Crippen molar-refractivity contribution >= 4 is 0 Å². The van der Waals surface area contributed by atoms with Gasteiger partial charge in [-0.05, 0) is 25.2 Å². The molecule has 2 fully saturated rings. The van der Waals surface area contributed by atoms with Crippen molar-refractivity contribution in [1.82, 2.24) is 9.78 Å². The molecule has 5 heteroatoms. The second-order valence-corrected chi connectivity index (χ2v) is 6.17. The highest BCUT2D eigenvalue weighted by molar-refractivity contribution is 5.22. The van der Waals surface area contributed by atoms with Crippen LogP contribution in [0.3, 0.4) is 0 Å². The van der Waals surface area contributed by atoms with Crippen LogP contribution < -0.4 is 5.73 Å². The van der Waals surface area contributed by atoms with Crippen molar-refractivity contribution in [3.63, 3.8) is 0 Å². The molecule has 1 aromatic heterocycles. The van der Waals surface area contributed by atoms with E-state index in [1.165, 1.54) is 5.56 Å². The highest BCUT2D eigenvalue weighted by Gasteiger charge is 2.43. The molecule has 0 aliphatic carbocycles. The number of aryl methyl sites for hydroxylation is 2. The third kappa shape index (κ3) is 2.50. The van der Waals surface area contributed by atoms with Gasteiger partial charge >= 0.3 is 0 Å². The van der Waals surface area contributed by atoms with Crippen LogP contribution in [0, 0.1) is 5.92 Å². The molecule has 3 unspecified atom stereocenters. The van der Waals surface area contributed by atoms with Crippen LogP contribution in [0.25, 0.3) is 0 Å². The molecule has 20 heavy (non-hydrogen) atoms. The summed E-state index contributed by atoms with van der Waals surface area (Å²) in [6.45, 7) is 4.47. The van der Waals surface area contributed by atoms with Crippen molar-refractivity contribution in [1.29, 1.82) is 0 Å². The third-order valence-electron chi connectivity index (χ3n) is 4.74. The number of aromatic nitrogens is 2. The fraction of sp³-hybridized carbons (Fsp3) is 0.800. The quantitative estimate of drug-likeness (QED) is 0.912. The summed E-state index contributed by atoms with van der Waals surface area (Å²) in [4.78, 5) is 0. The van der Waals surface area contributed by atoms with Crippen LogP contribution >= 0.6 is 0 Å². The fourth-order valence-corrected chi connectivity index (χ4v) is 3.60. The molecule has 2 aliphatic rings. The minimum atomic E-state index is -0.0743. The standard InChI is InChI=1S/C15H25N3O2/c1-3-13-12(9-18(2)17-13)14(16)11-4-6-20-15(8-11)5-7-19-10-15/h9,11,14H,3-8,10,16H2,1-2H3. The van der Waals surface area contributed by atoms with Gasteiger partial charge in [0.05, 0.1) is 17.9 Å². The summed E-state index contributed by atoms with van der Waals surface area (Å²) in [6, 6.07) is 0.0556. The minimum Gasteiger partial charge on any atom is -0.378 e. The lowest BCUT2D eigenvalue weighted by Crippen LogP contribution is -2.43. The Balaban J connectivity index is 1.77. The molecule has 2 aliphatic heterocycles. The lowest BCUT2D eigenvalue weighted by atomic mass is 9.79. The van der Waals surface area contributed by atoms with Gasteiger partial charge in [0.15, 0.2) is 0 Å². The Morgan fingerprint density at radius 1 is 1.55 bits per heavy atom. The number of ether oxygens (including phenoxy) is 2. The first-order chi connectivity index (χ1) is 9.63. The van der Waals surface area contributed by atoms with Gasteiger partial charge in [-0.15, -0.1) is 0 Å². The summed E-state index contributed by atoms with van der Waals surface area (Å²) >= 11 is 0. The lowest BCUT2D eigenvalue weighted by Gasteiger charge is -2.39. The lowest BCUT2D eigenvalue weighted by molar-refractivity contribution is -0.101. The van der Waals surface area contributed by atoms with Crippen LogP contribution in [-0.2, 0) is 22.9 Å². The van der Waals surface area contributed by atoms with Gasteiger partial charge in [0, 0.05) is 44.5 Å². The van der Waals surface area contributed by atoms with E-state index >= 15 is 0 Å². The van der Waals surface area contributed by atoms with E-state index in [9.17, 15) is 0 Å². The number of nitrogens with two attached hydrogens (primary N) is 1. The predicted molar refractivity (Wildman–Crippen MR) is 76.4 cm³/mol. The van der Waals surface area contributed by atoms with Crippen LogP contribution in [-0.4, -0.2) is 35.2 Å². The van der Waals surface area contributed by atoms with Crippen LogP contribution in [0.5, 0.6) is 0 Å². The number of nitrogens with zero attached hydrogens (tertiary/aromatic N) is 2. The van der Waals surface area contributed by atoms with Gasteiger partial charge in [-0.3, -0.25) is 4.68 Å². The minimum absolute atomic E-state index is 0.0556. The van der Waals surface area contributed by atoms with Crippen LogP contribution in [0.15, 0.2) is 6.20 Å². The summed E-state index contributed by atoms with van der Waals surface area (Å²) in [5.74, 6) is 0.458. The van der Waals surface area contributed by atoms with Gasteiger partial charge in [0.25, 0.3) is 0 Å². The van der Waals surface area contributed by atoms with Crippen molar-refractivity contribution in [2.45, 2.75) is 44.2 Å². The van der Waals surface area contributed by atoms with E-state index in [0.717, 1.165) is 51.2 Å². The second-order valence-electron chi connectivity index (χ2n) is 6.17. The van der Waals surface area contributed by atoms with Crippen LogP contribution in [0.1, 0.15) is 43.5 Å². The van der Waals surface area contributed by atoms with Gasteiger partial charge in [0.2, 0.25) is 0 Å². The molecule has 0 bridgehead atoms. The molecule has 1 spiro atoms. The largest absolute Gasteiger partial charge is 0.378 e. The van der Waals surface area contributed by atoms with Crippen molar-refractivity contribution in [2.75, 3.05) is 19.8 Å². The van der Waals surface area contributed by atoms with Crippen molar-refractivity contribution in [3.8, 4) is 0 Å². The summed E-state index contributed by atoms with van der Waals surface area (Å²) < 4.78 is 13.4. The Kier molecular flexibility index (Phi) is 3.84. The topological polar surface area (TPSA) is 62.3 Å².